The predicted octanol–water partition coefficient (Wildman–Crippen LogP) is 5.44. The first-order valence-electron chi connectivity index (χ1n) is 9.31. The van der Waals surface area contributed by atoms with Crippen LogP contribution in [0.5, 0.6) is 0 Å². The first-order chi connectivity index (χ1) is 13.6. The lowest BCUT2D eigenvalue weighted by atomic mass is 10.1. The van der Waals surface area contributed by atoms with Gasteiger partial charge in [0.05, 0.1) is 4.92 Å². The third-order valence-corrected chi connectivity index (χ3v) is 4.88. The number of anilines is 1. The number of carbonyl (C=O) groups is 1. The molecule has 0 aliphatic carbocycles. The van der Waals surface area contributed by atoms with Crippen LogP contribution in [0.15, 0.2) is 24.3 Å². The van der Waals surface area contributed by atoms with E-state index in [4.69, 9.17) is 47.0 Å². The molecule has 0 bridgehead atoms. The molecule has 0 fully saturated rings. The molecule has 0 saturated carbocycles. The van der Waals surface area contributed by atoms with Crippen molar-refractivity contribution in [2.24, 2.45) is 0 Å². The number of hydrogen-bond acceptors (Lipinski definition) is 4. The zero-order valence-electron chi connectivity index (χ0n) is 16.1. The normalized spacial score (nSPS) is 12.1. The molecule has 162 valence electrons. The fraction of sp³-hybridized carbons (Fsp3) is 0.556. The van der Waals surface area contributed by atoms with Crippen molar-refractivity contribution in [2.75, 3.05) is 5.32 Å². The van der Waals surface area contributed by atoms with Crippen molar-refractivity contribution in [3.05, 3.63) is 34.4 Å². The van der Waals surface area contributed by atoms with Crippen LogP contribution in [0.1, 0.15) is 51.9 Å². The predicted molar refractivity (Wildman–Crippen MR) is 123 cm³/mol. The summed E-state index contributed by atoms with van der Waals surface area (Å²) in [5, 5.41) is 19.0. The lowest BCUT2D eigenvalue weighted by Gasteiger charge is -2.27. The van der Waals surface area contributed by atoms with Crippen molar-refractivity contribution in [1.82, 2.24) is 10.6 Å². The number of amides is 1. The van der Waals surface area contributed by atoms with E-state index in [-0.39, 0.29) is 16.7 Å². The highest BCUT2D eigenvalue weighted by molar-refractivity contribution is 7.80. The molecule has 0 unspecified atom stereocenters. The summed E-state index contributed by atoms with van der Waals surface area (Å²) in [7, 11) is 0. The second-order valence-corrected chi connectivity index (χ2v) is 9.24. The molecule has 7 nitrogen and oxygen atoms in total. The summed E-state index contributed by atoms with van der Waals surface area (Å²) in [6.45, 7) is 2.15. The van der Waals surface area contributed by atoms with Gasteiger partial charge < -0.3 is 16.0 Å². The van der Waals surface area contributed by atoms with E-state index in [9.17, 15) is 14.9 Å². The number of nitro benzene ring substituents is 1. The summed E-state index contributed by atoms with van der Waals surface area (Å²) in [6.07, 6.45) is 5.64. The molecule has 0 saturated heterocycles. The number of benzene rings is 1. The Kier molecular flexibility index (Phi) is 11.6. The van der Waals surface area contributed by atoms with Crippen LogP contribution in [-0.4, -0.2) is 25.9 Å². The third-order valence-electron chi connectivity index (χ3n) is 4.00. The van der Waals surface area contributed by atoms with E-state index in [1.54, 1.807) is 0 Å². The van der Waals surface area contributed by atoms with Crippen molar-refractivity contribution in [3.8, 4) is 0 Å². The van der Waals surface area contributed by atoms with Gasteiger partial charge in [0.1, 0.15) is 6.17 Å². The summed E-state index contributed by atoms with van der Waals surface area (Å²) in [5.74, 6) is -0.248. The Hall–Kier alpha value is -1.35. The highest BCUT2D eigenvalue weighted by atomic mass is 35.6. The summed E-state index contributed by atoms with van der Waals surface area (Å²) >= 11 is 23.0. The highest BCUT2D eigenvalue weighted by Gasteiger charge is 2.34. The van der Waals surface area contributed by atoms with E-state index in [0.717, 1.165) is 19.3 Å². The zero-order chi connectivity index (χ0) is 21.9. The molecule has 1 aromatic rings. The number of carbonyl (C=O) groups excluding carboxylic acids is 1. The average Bonchev–Trinajstić information content (AvgIpc) is 2.63. The SMILES string of the molecule is CCCCCCCCC(=O)N[C@H](NC(=S)Nc1ccc([N+](=O)[O-])cc1)C(Cl)(Cl)Cl. The Bertz CT molecular complexity index is 684. The van der Waals surface area contributed by atoms with E-state index in [2.05, 4.69) is 22.9 Å². The van der Waals surface area contributed by atoms with Crippen molar-refractivity contribution in [3.63, 3.8) is 0 Å². The number of nitro groups is 1. The first-order valence-corrected chi connectivity index (χ1v) is 10.9. The molecular weight excluding hydrogens is 459 g/mol. The Morgan fingerprint density at radius 2 is 1.69 bits per heavy atom. The van der Waals surface area contributed by atoms with Gasteiger partial charge >= 0.3 is 0 Å². The van der Waals surface area contributed by atoms with Crippen LogP contribution in [0.25, 0.3) is 0 Å². The largest absolute Gasteiger partial charge is 0.339 e. The van der Waals surface area contributed by atoms with E-state index in [1.165, 1.54) is 43.5 Å². The lowest BCUT2D eigenvalue weighted by Crippen LogP contribution is -2.56. The Balaban J connectivity index is 2.52. The number of unbranched alkanes of at least 4 members (excludes halogenated alkanes) is 5. The molecule has 1 aromatic carbocycles. The highest BCUT2D eigenvalue weighted by Crippen LogP contribution is 2.29. The van der Waals surface area contributed by atoms with E-state index in [1.807, 2.05) is 0 Å². The number of nitrogens with zero attached hydrogens (tertiary/aromatic N) is 1. The number of hydrogen-bond donors (Lipinski definition) is 3. The number of halogens is 3. The smallest absolute Gasteiger partial charge is 0.269 e. The van der Waals surface area contributed by atoms with Crippen molar-refractivity contribution < 1.29 is 9.72 Å². The van der Waals surface area contributed by atoms with Crippen LogP contribution in [-0.2, 0) is 4.79 Å². The van der Waals surface area contributed by atoms with Crippen LogP contribution in [0, 0.1) is 10.1 Å². The summed E-state index contributed by atoms with van der Waals surface area (Å²) in [5.41, 5.74) is 0.463. The van der Waals surface area contributed by atoms with Crippen molar-refractivity contribution in [2.45, 2.75) is 61.8 Å². The molecule has 1 rings (SSSR count). The fourth-order valence-electron chi connectivity index (χ4n) is 2.46. The van der Waals surface area contributed by atoms with E-state index < -0.39 is 14.9 Å². The Morgan fingerprint density at radius 3 is 2.24 bits per heavy atom. The number of alkyl halides is 3. The van der Waals surface area contributed by atoms with Crippen LogP contribution < -0.4 is 16.0 Å². The van der Waals surface area contributed by atoms with Crippen LogP contribution in [0.4, 0.5) is 11.4 Å². The van der Waals surface area contributed by atoms with Crippen LogP contribution in [0.3, 0.4) is 0 Å². The van der Waals surface area contributed by atoms with Gasteiger partial charge in [-0.2, -0.15) is 0 Å². The second kappa shape index (κ2) is 13.1. The number of thiocarbonyl (C=S) groups is 1. The molecule has 0 radical (unpaired) electrons. The molecule has 3 N–H and O–H groups in total. The monoisotopic (exact) mass is 482 g/mol. The van der Waals surface area contributed by atoms with Crippen molar-refractivity contribution >= 4 is 69.4 Å². The minimum Gasteiger partial charge on any atom is -0.339 e. The average molecular weight is 484 g/mol. The maximum Gasteiger partial charge on any atom is 0.269 e. The van der Waals surface area contributed by atoms with Gasteiger partial charge in [-0.05, 0) is 30.8 Å². The summed E-state index contributed by atoms with van der Waals surface area (Å²) in [4.78, 5) is 22.4. The number of non-ortho nitro benzene ring substituents is 1. The van der Waals surface area contributed by atoms with Gasteiger partial charge in [-0.25, -0.2) is 0 Å². The zero-order valence-corrected chi connectivity index (χ0v) is 19.1. The van der Waals surface area contributed by atoms with E-state index in [0.29, 0.717) is 12.1 Å². The van der Waals surface area contributed by atoms with Gasteiger partial charge in [0, 0.05) is 24.2 Å². The van der Waals surface area contributed by atoms with Gasteiger partial charge in [0.2, 0.25) is 9.70 Å². The fourth-order valence-corrected chi connectivity index (χ4v) is 3.03. The van der Waals surface area contributed by atoms with Gasteiger partial charge in [0.25, 0.3) is 5.69 Å². The second-order valence-electron chi connectivity index (χ2n) is 6.46. The van der Waals surface area contributed by atoms with Crippen molar-refractivity contribution in [1.29, 1.82) is 0 Å². The number of rotatable bonds is 11. The Morgan fingerprint density at radius 1 is 1.10 bits per heavy atom. The summed E-state index contributed by atoms with van der Waals surface area (Å²) in [6, 6.07) is 5.65. The standard InChI is InChI=1S/C18H25Cl3N4O3S/c1-2-3-4-5-6-7-8-15(26)23-16(18(19,20)21)24-17(29)22-13-9-11-14(12-10-13)25(27)28/h9-12,16H,2-8H2,1H3,(H,23,26)(H2,22,24,29)/t16-/m1/s1. The molecule has 0 aromatic heterocycles. The molecule has 11 heteroatoms. The summed E-state index contributed by atoms with van der Waals surface area (Å²) < 4.78 is -1.84. The molecular formula is C18H25Cl3N4O3S. The quantitative estimate of drug-likeness (QED) is 0.0968. The van der Waals surface area contributed by atoms with Gasteiger partial charge in [0.15, 0.2) is 5.11 Å². The maximum atomic E-state index is 12.2. The molecule has 1 atom stereocenters. The topological polar surface area (TPSA) is 96.3 Å². The molecule has 1 amide bonds. The Labute approximate surface area is 191 Å². The van der Waals surface area contributed by atoms with E-state index >= 15 is 0 Å². The molecule has 0 aliphatic rings. The van der Waals surface area contributed by atoms with Crippen LogP contribution in [0.2, 0.25) is 0 Å². The molecule has 0 spiro atoms. The molecule has 0 aliphatic heterocycles. The van der Waals surface area contributed by atoms with Gasteiger partial charge in [-0.15, -0.1) is 0 Å². The minimum absolute atomic E-state index is 0.0458. The maximum absolute atomic E-state index is 12.2. The van der Waals surface area contributed by atoms with Gasteiger partial charge in [-0.1, -0.05) is 73.8 Å². The number of nitrogens with one attached hydrogen (secondary N) is 3. The molecule has 0 heterocycles. The lowest BCUT2D eigenvalue weighted by molar-refractivity contribution is -0.384. The van der Waals surface area contributed by atoms with Crippen LogP contribution >= 0.6 is 47.0 Å². The first kappa shape index (κ1) is 25.7. The minimum atomic E-state index is -1.84. The van der Waals surface area contributed by atoms with Gasteiger partial charge in [-0.3, -0.25) is 14.9 Å². The third kappa shape index (κ3) is 10.8. The molecule has 29 heavy (non-hydrogen) atoms.